The Hall–Kier alpha value is -0.650. The number of ether oxygens (including phenoxy) is 1. The summed E-state index contributed by atoms with van der Waals surface area (Å²) >= 11 is 1.76. The number of hydrogen-bond acceptors (Lipinski definition) is 5. The van der Waals surface area contributed by atoms with Crippen molar-refractivity contribution >= 4 is 16.5 Å². The molecule has 1 fully saturated rings. The fraction of sp³-hybridized carbons (Fsp3) is 0.750. The van der Waals surface area contributed by atoms with Gasteiger partial charge >= 0.3 is 0 Å². The Morgan fingerprint density at radius 3 is 3.24 bits per heavy atom. The monoisotopic (exact) mass is 255 g/mol. The maximum Gasteiger partial charge on any atom is 0.185 e. The molecule has 2 heterocycles. The van der Waals surface area contributed by atoms with Gasteiger partial charge < -0.3 is 15.0 Å². The molecule has 96 valence electrons. The average molecular weight is 255 g/mol. The number of methoxy groups -OCH3 is 1. The van der Waals surface area contributed by atoms with E-state index in [1.165, 1.54) is 18.0 Å². The molecule has 0 saturated carbocycles. The summed E-state index contributed by atoms with van der Waals surface area (Å²) in [5.74, 6) is 0. The lowest BCUT2D eigenvalue weighted by molar-refractivity contribution is 0.199. The van der Waals surface area contributed by atoms with Gasteiger partial charge in [0.2, 0.25) is 0 Å². The first-order valence-electron chi connectivity index (χ1n) is 6.22. The second-order valence-electron chi connectivity index (χ2n) is 4.48. The first kappa shape index (κ1) is 12.8. The van der Waals surface area contributed by atoms with E-state index in [1.807, 2.05) is 0 Å². The van der Waals surface area contributed by atoms with Crippen LogP contribution in [0.2, 0.25) is 0 Å². The number of thiazole rings is 1. The Labute approximate surface area is 107 Å². The zero-order valence-electron chi connectivity index (χ0n) is 10.6. The highest BCUT2D eigenvalue weighted by Crippen LogP contribution is 2.28. The molecule has 0 aliphatic carbocycles. The van der Waals surface area contributed by atoms with Gasteiger partial charge in [-0.2, -0.15) is 0 Å². The van der Waals surface area contributed by atoms with Crippen LogP contribution in [0.4, 0.5) is 5.13 Å². The van der Waals surface area contributed by atoms with Gasteiger partial charge in [0.25, 0.3) is 0 Å². The van der Waals surface area contributed by atoms with E-state index in [1.54, 1.807) is 18.4 Å². The molecule has 1 unspecified atom stereocenters. The number of nitrogens with zero attached hydrogens (tertiary/aromatic N) is 2. The molecule has 1 saturated heterocycles. The second kappa shape index (κ2) is 6.33. The maximum atomic E-state index is 4.99. The molecular formula is C12H21N3OS. The zero-order chi connectivity index (χ0) is 12.1. The van der Waals surface area contributed by atoms with Crippen LogP contribution in [-0.4, -0.2) is 37.8 Å². The van der Waals surface area contributed by atoms with Gasteiger partial charge in [0, 0.05) is 38.2 Å². The lowest BCUT2D eigenvalue weighted by Crippen LogP contribution is -2.26. The predicted octanol–water partition coefficient (Wildman–Crippen LogP) is 1.87. The van der Waals surface area contributed by atoms with Crippen LogP contribution in [0.5, 0.6) is 0 Å². The Kier molecular flexibility index (Phi) is 4.76. The topological polar surface area (TPSA) is 37.4 Å². The largest absolute Gasteiger partial charge is 0.383 e. The molecule has 0 aromatic carbocycles. The van der Waals surface area contributed by atoms with Crippen molar-refractivity contribution in [2.45, 2.75) is 32.4 Å². The molecule has 4 nitrogen and oxygen atoms in total. The maximum absolute atomic E-state index is 4.99. The average Bonchev–Trinajstić information content (AvgIpc) is 2.93. The molecule has 0 amide bonds. The smallest absolute Gasteiger partial charge is 0.185 e. The minimum Gasteiger partial charge on any atom is -0.383 e. The Balaban J connectivity index is 1.83. The highest BCUT2D eigenvalue weighted by atomic mass is 32.1. The lowest BCUT2D eigenvalue weighted by atomic mass is 10.2. The van der Waals surface area contributed by atoms with Crippen LogP contribution in [0.1, 0.15) is 25.5 Å². The summed E-state index contributed by atoms with van der Waals surface area (Å²) in [7, 11) is 1.72. The van der Waals surface area contributed by atoms with Crippen LogP contribution in [0.25, 0.3) is 0 Å². The Morgan fingerprint density at radius 1 is 1.65 bits per heavy atom. The molecule has 1 N–H and O–H groups in total. The van der Waals surface area contributed by atoms with Crippen molar-refractivity contribution in [3.8, 4) is 0 Å². The Bertz CT molecular complexity index is 342. The normalized spacial score (nSPS) is 20.1. The van der Waals surface area contributed by atoms with Gasteiger partial charge in [-0.3, -0.25) is 0 Å². The van der Waals surface area contributed by atoms with Crippen molar-refractivity contribution < 1.29 is 4.74 Å². The Morgan fingerprint density at radius 2 is 2.53 bits per heavy atom. The standard InChI is InChI=1S/C12H21N3OS/c1-10-4-3-6-15(10)12-14-11(9-17-12)8-13-5-7-16-2/h9-10,13H,3-8H2,1-2H3. The van der Waals surface area contributed by atoms with Crippen LogP contribution in [0, 0.1) is 0 Å². The zero-order valence-corrected chi connectivity index (χ0v) is 11.4. The first-order chi connectivity index (χ1) is 8.31. The lowest BCUT2D eigenvalue weighted by Gasteiger charge is -2.19. The first-order valence-corrected chi connectivity index (χ1v) is 7.10. The predicted molar refractivity (Wildman–Crippen MR) is 71.7 cm³/mol. The quantitative estimate of drug-likeness (QED) is 0.787. The highest BCUT2D eigenvalue weighted by molar-refractivity contribution is 7.13. The molecule has 1 aromatic heterocycles. The van der Waals surface area contributed by atoms with Gasteiger partial charge in [0.1, 0.15) is 0 Å². The SMILES string of the molecule is COCCNCc1csc(N2CCCC2C)n1. The van der Waals surface area contributed by atoms with Gasteiger partial charge in [0.15, 0.2) is 5.13 Å². The number of aromatic nitrogens is 1. The molecule has 1 aliphatic heterocycles. The van der Waals surface area contributed by atoms with E-state index >= 15 is 0 Å². The number of anilines is 1. The number of hydrogen-bond donors (Lipinski definition) is 1. The summed E-state index contributed by atoms with van der Waals surface area (Å²) in [4.78, 5) is 7.10. The third kappa shape index (κ3) is 3.40. The van der Waals surface area contributed by atoms with Crippen molar-refractivity contribution in [2.24, 2.45) is 0 Å². The highest BCUT2D eigenvalue weighted by Gasteiger charge is 2.22. The van der Waals surface area contributed by atoms with Crippen molar-refractivity contribution in [2.75, 3.05) is 31.7 Å². The van der Waals surface area contributed by atoms with Crippen molar-refractivity contribution in [1.29, 1.82) is 0 Å². The molecule has 5 heteroatoms. The minimum atomic E-state index is 0.649. The number of nitrogens with one attached hydrogen (secondary N) is 1. The van der Waals surface area contributed by atoms with E-state index in [0.717, 1.165) is 31.9 Å². The molecule has 1 atom stereocenters. The van der Waals surface area contributed by atoms with Crippen LogP contribution in [0.15, 0.2) is 5.38 Å². The van der Waals surface area contributed by atoms with E-state index in [0.29, 0.717) is 6.04 Å². The van der Waals surface area contributed by atoms with E-state index in [4.69, 9.17) is 4.74 Å². The summed E-state index contributed by atoms with van der Waals surface area (Å²) in [6.45, 7) is 5.90. The van der Waals surface area contributed by atoms with Crippen molar-refractivity contribution in [1.82, 2.24) is 10.3 Å². The fourth-order valence-electron chi connectivity index (χ4n) is 2.12. The minimum absolute atomic E-state index is 0.649. The summed E-state index contributed by atoms with van der Waals surface area (Å²) < 4.78 is 4.99. The van der Waals surface area contributed by atoms with Gasteiger partial charge in [-0.25, -0.2) is 4.98 Å². The van der Waals surface area contributed by atoms with E-state index < -0.39 is 0 Å². The molecule has 1 aliphatic rings. The van der Waals surface area contributed by atoms with Crippen molar-refractivity contribution in [3.63, 3.8) is 0 Å². The third-order valence-corrected chi connectivity index (χ3v) is 4.05. The van der Waals surface area contributed by atoms with Crippen LogP contribution < -0.4 is 10.2 Å². The van der Waals surface area contributed by atoms with Gasteiger partial charge in [0.05, 0.1) is 12.3 Å². The van der Waals surface area contributed by atoms with Gasteiger partial charge in [-0.1, -0.05) is 0 Å². The molecule has 1 aromatic rings. The molecular weight excluding hydrogens is 234 g/mol. The molecule has 0 spiro atoms. The van der Waals surface area contributed by atoms with Crippen LogP contribution in [-0.2, 0) is 11.3 Å². The number of rotatable bonds is 6. The third-order valence-electron chi connectivity index (χ3n) is 3.13. The molecule has 17 heavy (non-hydrogen) atoms. The van der Waals surface area contributed by atoms with E-state index in [9.17, 15) is 0 Å². The van der Waals surface area contributed by atoms with Gasteiger partial charge in [-0.05, 0) is 19.8 Å². The van der Waals surface area contributed by atoms with E-state index in [-0.39, 0.29) is 0 Å². The van der Waals surface area contributed by atoms with Crippen molar-refractivity contribution in [3.05, 3.63) is 11.1 Å². The second-order valence-corrected chi connectivity index (χ2v) is 5.31. The summed E-state index contributed by atoms with van der Waals surface area (Å²) in [5.41, 5.74) is 1.14. The summed E-state index contributed by atoms with van der Waals surface area (Å²) in [5, 5.41) is 6.65. The molecule has 0 radical (unpaired) electrons. The molecule has 2 rings (SSSR count). The fourth-order valence-corrected chi connectivity index (χ4v) is 3.07. The van der Waals surface area contributed by atoms with Gasteiger partial charge in [-0.15, -0.1) is 11.3 Å². The van der Waals surface area contributed by atoms with Crippen LogP contribution in [0.3, 0.4) is 0 Å². The molecule has 0 bridgehead atoms. The van der Waals surface area contributed by atoms with E-state index in [2.05, 4.69) is 27.5 Å². The summed E-state index contributed by atoms with van der Waals surface area (Å²) in [6.07, 6.45) is 2.59. The van der Waals surface area contributed by atoms with Crippen LogP contribution >= 0.6 is 11.3 Å². The summed E-state index contributed by atoms with van der Waals surface area (Å²) in [6, 6.07) is 0.649.